The van der Waals surface area contributed by atoms with Gasteiger partial charge in [-0.05, 0) is 24.3 Å². The van der Waals surface area contributed by atoms with Gasteiger partial charge in [-0.3, -0.25) is 4.79 Å². The molecule has 0 aliphatic rings. The Kier molecular flexibility index (Phi) is 4.18. The summed E-state index contributed by atoms with van der Waals surface area (Å²) in [6.07, 6.45) is 0. The molecule has 0 saturated heterocycles. The molecule has 6 nitrogen and oxygen atoms in total. The Labute approximate surface area is 122 Å². The molecule has 0 aromatic heterocycles. The fourth-order valence-corrected chi connectivity index (χ4v) is 1.84. The number of phenols is 1. The van der Waals surface area contributed by atoms with Crippen LogP contribution in [0.2, 0.25) is 0 Å². The summed E-state index contributed by atoms with van der Waals surface area (Å²) in [4.78, 5) is 12.3. The first kappa shape index (κ1) is 14.5. The monoisotopic (exact) mass is 288 g/mol. The van der Waals surface area contributed by atoms with Crippen molar-refractivity contribution in [1.82, 2.24) is 0 Å². The van der Waals surface area contributed by atoms with Crippen molar-refractivity contribution in [3.8, 4) is 17.2 Å². The number of nitrogen functional groups attached to an aromatic ring is 1. The van der Waals surface area contributed by atoms with Crippen molar-refractivity contribution < 1.29 is 19.4 Å². The third-order valence-electron chi connectivity index (χ3n) is 2.94. The molecule has 2 aromatic carbocycles. The van der Waals surface area contributed by atoms with Crippen molar-refractivity contribution in [2.45, 2.75) is 0 Å². The number of rotatable bonds is 4. The standard InChI is InChI=1S/C15H16N2O4/c1-20-10-4-5-11(14(8-10)21-2)15(19)17-13-6-3-9(18)7-12(13)16/h3-8,18H,16H2,1-2H3,(H,17,19). The van der Waals surface area contributed by atoms with Crippen LogP contribution >= 0.6 is 0 Å². The van der Waals surface area contributed by atoms with Crippen LogP contribution in [0.15, 0.2) is 36.4 Å². The Bertz CT molecular complexity index is 671. The van der Waals surface area contributed by atoms with E-state index in [2.05, 4.69) is 5.32 Å². The van der Waals surface area contributed by atoms with Crippen LogP contribution in [0.25, 0.3) is 0 Å². The van der Waals surface area contributed by atoms with Gasteiger partial charge in [0.1, 0.15) is 17.2 Å². The van der Waals surface area contributed by atoms with E-state index in [1.165, 1.54) is 32.4 Å². The van der Waals surface area contributed by atoms with Crippen molar-refractivity contribution >= 4 is 17.3 Å². The number of benzene rings is 2. The number of hydrogen-bond acceptors (Lipinski definition) is 5. The van der Waals surface area contributed by atoms with Gasteiger partial charge >= 0.3 is 0 Å². The second kappa shape index (κ2) is 6.04. The Balaban J connectivity index is 2.28. The number of phenolic OH excluding ortho intramolecular Hbond substituents is 1. The summed E-state index contributed by atoms with van der Waals surface area (Å²) in [5.41, 5.74) is 6.78. The largest absolute Gasteiger partial charge is 0.508 e. The van der Waals surface area contributed by atoms with Gasteiger partial charge < -0.3 is 25.6 Å². The maximum absolute atomic E-state index is 12.3. The zero-order chi connectivity index (χ0) is 15.4. The first-order chi connectivity index (χ1) is 10.0. The lowest BCUT2D eigenvalue weighted by Crippen LogP contribution is -2.14. The zero-order valence-corrected chi connectivity index (χ0v) is 11.7. The summed E-state index contributed by atoms with van der Waals surface area (Å²) in [5, 5.41) is 12.0. The van der Waals surface area contributed by atoms with Crippen LogP contribution in [0.5, 0.6) is 17.2 Å². The van der Waals surface area contributed by atoms with Crippen LogP contribution in [-0.4, -0.2) is 25.2 Å². The normalized spacial score (nSPS) is 10.0. The highest BCUT2D eigenvalue weighted by Crippen LogP contribution is 2.27. The van der Waals surface area contributed by atoms with Crippen LogP contribution in [0.4, 0.5) is 11.4 Å². The highest BCUT2D eigenvalue weighted by Gasteiger charge is 2.14. The first-order valence-corrected chi connectivity index (χ1v) is 6.17. The van der Waals surface area contributed by atoms with Gasteiger partial charge in [0.2, 0.25) is 0 Å². The molecular weight excluding hydrogens is 272 g/mol. The van der Waals surface area contributed by atoms with E-state index in [1.807, 2.05) is 0 Å². The lowest BCUT2D eigenvalue weighted by Gasteiger charge is -2.12. The zero-order valence-electron chi connectivity index (χ0n) is 11.7. The summed E-state index contributed by atoms with van der Waals surface area (Å²) in [5.74, 6) is 0.649. The van der Waals surface area contributed by atoms with Crippen molar-refractivity contribution in [2.24, 2.45) is 0 Å². The highest BCUT2D eigenvalue weighted by atomic mass is 16.5. The quantitative estimate of drug-likeness (QED) is 0.592. The Morgan fingerprint density at radius 2 is 1.90 bits per heavy atom. The molecule has 0 aliphatic carbocycles. The van der Waals surface area contributed by atoms with Gasteiger partial charge in [-0.15, -0.1) is 0 Å². The molecule has 4 N–H and O–H groups in total. The van der Waals surface area contributed by atoms with Gasteiger partial charge in [0.15, 0.2) is 0 Å². The van der Waals surface area contributed by atoms with Gasteiger partial charge in [-0.1, -0.05) is 0 Å². The molecule has 21 heavy (non-hydrogen) atoms. The minimum absolute atomic E-state index is 0.0347. The van der Waals surface area contributed by atoms with Crippen molar-refractivity contribution in [1.29, 1.82) is 0 Å². The predicted molar refractivity (Wildman–Crippen MR) is 80.0 cm³/mol. The van der Waals surface area contributed by atoms with Gasteiger partial charge in [0, 0.05) is 12.1 Å². The van der Waals surface area contributed by atoms with E-state index in [0.717, 1.165) is 0 Å². The fourth-order valence-electron chi connectivity index (χ4n) is 1.84. The molecule has 0 saturated carbocycles. The molecule has 1 amide bonds. The minimum Gasteiger partial charge on any atom is -0.508 e. The SMILES string of the molecule is COc1ccc(C(=O)Nc2ccc(O)cc2N)c(OC)c1. The summed E-state index contributed by atoms with van der Waals surface area (Å²) < 4.78 is 10.3. The van der Waals surface area contributed by atoms with Crippen LogP contribution in [0.1, 0.15) is 10.4 Å². The number of nitrogens with one attached hydrogen (secondary N) is 1. The summed E-state index contributed by atoms with van der Waals surface area (Å²) >= 11 is 0. The topological polar surface area (TPSA) is 93.8 Å². The molecule has 0 spiro atoms. The molecule has 0 unspecified atom stereocenters. The maximum Gasteiger partial charge on any atom is 0.259 e. The molecule has 6 heteroatoms. The molecule has 0 fully saturated rings. The molecule has 0 aliphatic heterocycles. The minimum atomic E-state index is -0.369. The first-order valence-electron chi connectivity index (χ1n) is 6.17. The number of aromatic hydroxyl groups is 1. The van der Waals surface area contributed by atoms with Gasteiger partial charge in [0.05, 0.1) is 31.2 Å². The van der Waals surface area contributed by atoms with Crippen molar-refractivity contribution in [3.63, 3.8) is 0 Å². The van der Waals surface area contributed by atoms with E-state index in [4.69, 9.17) is 15.2 Å². The second-order valence-electron chi connectivity index (χ2n) is 4.29. The summed E-state index contributed by atoms with van der Waals surface area (Å²) in [7, 11) is 3.01. The highest BCUT2D eigenvalue weighted by molar-refractivity contribution is 6.07. The molecule has 0 atom stereocenters. The number of amides is 1. The van der Waals surface area contributed by atoms with Crippen LogP contribution in [0.3, 0.4) is 0 Å². The van der Waals surface area contributed by atoms with E-state index in [-0.39, 0.29) is 17.3 Å². The molecule has 2 rings (SSSR count). The molecule has 2 aromatic rings. The van der Waals surface area contributed by atoms with Crippen LogP contribution in [0, 0.1) is 0 Å². The molecule has 110 valence electrons. The molecule has 0 bridgehead atoms. The Hall–Kier alpha value is -2.89. The number of anilines is 2. The summed E-state index contributed by atoms with van der Waals surface area (Å²) in [6, 6.07) is 9.22. The second-order valence-corrected chi connectivity index (χ2v) is 4.29. The lowest BCUT2D eigenvalue weighted by atomic mass is 10.1. The Morgan fingerprint density at radius 3 is 2.52 bits per heavy atom. The lowest BCUT2D eigenvalue weighted by molar-refractivity contribution is 0.102. The smallest absolute Gasteiger partial charge is 0.259 e. The van der Waals surface area contributed by atoms with E-state index in [1.54, 1.807) is 18.2 Å². The Morgan fingerprint density at radius 1 is 1.14 bits per heavy atom. The average Bonchev–Trinajstić information content (AvgIpc) is 2.49. The molecular formula is C15H16N2O4. The summed E-state index contributed by atoms with van der Waals surface area (Å²) in [6.45, 7) is 0. The third kappa shape index (κ3) is 3.17. The molecule has 0 radical (unpaired) electrons. The number of carbonyl (C=O) groups excluding carboxylic acids is 1. The van der Waals surface area contributed by atoms with Gasteiger partial charge in [-0.25, -0.2) is 0 Å². The van der Waals surface area contributed by atoms with Crippen LogP contribution < -0.4 is 20.5 Å². The molecule has 0 heterocycles. The van der Waals surface area contributed by atoms with E-state index >= 15 is 0 Å². The number of carbonyl (C=O) groups is 1. The van der Waals surface area contributed by atoms with E-state index in [0.29, 0.717) is 22.7 Å². The predicted octanol–water partition coefficient (Wildman–Crippen LogP) is 2.24. The average molecular weight is 288 g/mol. The maximum atomic E-state index is 12.3. The number of methoxy groups -OCH3 is 2. The number of ether oxygens (including phenoxy) is 2. The van der Waals surface area contributed by atoms with Gasteiger partial charge in [-0.2, -0.15) is 0 Å². The van der Waals surface area contributed by atoms with Crippen molar-refractivity contribution in [2.75, 3.05) is 25.3 Å². The number of hydrogen-bond donors (Lipinski definition) is 3. The van der Waals surface area contributed by atoms with Gasteiger partial charge in [0.25, 0.3) is 5.91 Å². The van der Waals surface area contributed by atoms with Crippen LogP contribution in [-0.2, 0) is 0 Å². The van der Waals surface area contributed by atoms with E-state index < -0.39 is 0 Å². The fraction of sp³-hybridized carbons (Fsp3) is 0.133. The van der Waals surface area contributed by atoms with Crippen molar-refractivity contribution in [3.05, 3.63) is 42.0 Å². The van der Waals surface area contributed by atoms with E-state index in [9.17, 15) is 9.90 Å². The third-order valence-corrected chi connectivity index (χ3v) is 2.94. The number of nitrogens with two attached hydrogens (primary N) is 1.